The second kappa shape index (κ2) is 18.5. The van der Waals surface area contributed by atoms with Crippen LogP contribution in [0.15, 0.2) is 245 Å². The quantitative estimate of drug-likeness (QED) is 0.157. The second-order valence-electron chi connectivity index (χ2n) is 23.1. The van der Waals surface area contributed by atoms with Gasteiger partial charge in [0.05, 0.1) is 5.69 Å². The normalized spacial score (nSPS) is 14.1. The first-order valence-corrected chi connectivity index (χ1v) is 31.7. The molecule has 11 aromatic carbocycles. The molecule has 0 saturated heterocycles. The standard InChI is InChI=1S/C72H52B3N3S4/c1-41-31-42(2)34-47(33-41)76(48-35-43(3)32-44(4)36-48)49-37-56-66-57(38-49)78(55-26-14-8-20-46(55)6)59-40-65-70-72(82-63-30-18-12-24-53(63)74(70)51-22-10-16-28-61(51)80-65)68(59)75(66)67-58(77(56)54-25-13-7-19-45(54)5)39-64-69-71(67)81-62-29-17-11-23-52(62)73(69)50-21-9-15-27-60(50)79-64/h7-40H,1-6H3. The first kappa shape index (κ1) is 49.1. The highest BCUT2D eigenvalue weighted by Crippen LogP contribution is 2.54. The van der Waals surface area contributed by atoms with Crippen molar-refractivity contribution in [2.45, 2.75) is 80.7 Å². The summed E-state index contributed by atoms with van der Waals surface area (Å²) >= 11 is 7.93. The van der Waals surface area contributed by atoms with Gasteiger partial charge in [-0.25, -0.2) is 0 Å². The maximum absolute atomic E-state index is 2.70. The lowest BCUT2D eigenvalue weighted by Gasteiger charge is -2.48. The predicted octanol–water partition coefficient (Wildman–Crippen LogP) is 14.0. The van der Waals surface area contributed by atoms with E-state index in [4.69, 9.17) is 0 Å². The van der Waals surface area contributed by atoms with Gasteiger partial charge in [0.15, 0.2) is 0 Å². The molecule has 388 valence electrons. The van der Waals surface area contributed by atoms with Crippen molar-refractivity contribution >= 4 is 168 Å². The van der Waals surface area contributed by atoms with Crippen LogP contribution in [-0.2, 0) is 0 Å². The van der Waals surface area contributed by atoms with E-state index in [0.29, 0.717) is 0 Å². The summed E-state index contributed by atoms with van der Waals surface area (Å²) in [7, 11) is 0. The minimum Gasteiger partial charge on any atom is -0.311 e. The van der Waals surface area contributed by atoms with Crippen LogP contribution in [0.2, 0.25) is 0 Å². The fraction of sp³-hybridized carbons (Fsp3) is 0.0833. The van der Waals surface area contributed by atoms with E-state index in [2.05, 4.69) is 262 Å². The lowest BCUT2D eigenvalue weighted by atomic mass is 9.30. The van der Waals surface area contributed by atoms with Gasteiger partial charge in [0.25, 0.3) is 6.71 Å². The Kier molecular flexibility index (Phi) is 11.0. The monoisotopic (exact) mass is 1120 g/mol. The highest BCUT2D eigenvalue weighted by molar-refractivity contribution is 8.02. The Bertz CT molecular complexity index is 4290. The third-order valence-corrected chi connectivity index (χ3v) is 22.6. The van der Waals surface area contributed by atoms with Crippen LogP contribution in [-0.4, -0.2) is 20.1 Å². The minimum atomic E-state index is -0.151. The van der Waals surface area contributed by atoms with E-state index < -0.39 is 0 Å². The van der Waals surface area contributed by atoms with Gasteiger partial charge in [-0.15, -0.1) is 0 Å². The zero-order chi connectivity index (χ0) is 54.8. The Balaban J connectivity index is 1.06. The summed E-state index contributed by atoms with van der Waals surface area (Å²) in [5, 5.41) is 0. The minimum absolute atomic E-state index is 0.0939. The molecular weight excluding hydrogens is 1070 g/mol. The fourth-order valence-electron chi connectivity index (χ4n) is 14.7. The van der Waals surface area contributed by atoms with Crippen molar-refractivity contribution in [1.82, 2.24) is 0 Å². The van der Waals surface area contributed by atoms with Crippen molar-refractivity contribution in [3.63, 3.8) is 0 Å². The van der Waals surface area contributed by atoms with Crippen molar-refractivity contribution < 1.29 is 0 Å². The molecular formula is C72H52B3N3S4. The SMILES string of the molecule is Cc1cc(C)cc(N(c2cc(C)cc(C)c2)c2cc3c4c(c2)N(c2ccccc2C)c2cc5c6c(c2B4c2c(cc4c7c2Sc2ccccc2B7c2ccccc2S4)N3c2ccccc2C)Sc2ccccc2B6c2ccccc2S5)c1. The highest BCUT2D eigenvalue weighted by Gasteiger charge is 2.52. The number of rotatable bonds is 5. The van der Waals surface area contributed by atoms with Gasteiger partial charge >= 0.3 is 0 Å². The number of hydrogen-bond acceptors (Lipinski definition) is 7. The first-order valence-electron chi connectivity index (χ1n) is 28.5. The van der Waals surface area contributed by atoms with Crippen LogP contribution in [0.3, 0.4) is 0 Å². The van der Waals surface area contributed by atoms with Gasteiger partial charge in [0.2, 0.25) is 13.4 Å². The van der Waals surface area contributed by atoms with Crippen LogP contribution in [0.25, 0.3) is 0 Å². The fourth-order valence-corrected chi connectivity index (χ4v) is 19.9. The molecule has 0 amide bonds. The lowest BCUT2D eigenvalue weighted by Crippen LogP contribution is -2.67. The molecule has 11 aromatic rings. The molecule has 0 fully saturated rings. The lowest BCUT2D eigenvalue weighted by molar-refractivity contribution is 1.18. The molecule has 0 saturated carbocycles. The summed E-state index contributed by atoms with van der Waals surface area (Å²) in [4.78, 5) is 18.7. The summed E-state index contributed by atoms with van der Waals surface area (Å²) < 4.78 is 0. The first-order chi connectivity index (χ1) is 40.1. The van der Waals surface area contributed by atoms with E-state index in [1.807, 2.05) is 47.0 Å². The third kappa shape index (κ3) is 7.20. The number of aryl methyl sites for hydroxylation is 6. The van der Waals surface area contributed by atoms with Gasteiger partial charge in [-0.2, -0.15) is 0 Å². The number of nitrogens with zero attached hydrogens (tertiary/aromatic N) is 3. The second-order valence-corrected chi connectivity index (χ2v) is 27.4. The van der Waals surface area contributed by atoms with Gasteiger partial charge in [-0.3, -0.25) is 0 Å². The van der Waals surface area contributed by atoms with Crippen molar-refractivity contribution in [3.8, 4) is 0 Å². The molecule has 6 aliphatic heterocycles. The Morgan fingerprint density at radius 3 is 1.00 bits per heavy atom. The molecule has 3 nitrogen and oxygen atoms in total. The molecule has 0 spiro atoms. The molecule has 82 heavy (non-hydrogen) atoms. The van der Waals surface area contributed by atoms with E-state index in [9.17, 15) is 0 Å². The third-order valence-electron chi connectivity index (χ3n) is 17.8. The number of hydrogen-bond donors (Lipinski definition) is 0. The molecule has 0 aliphatic carbocycles. The van der Waals surface area contributed by atoms with E-state index >= 15 is 0 Å². The summed E-state index contributed by atoms with van der Waals surface area (Å²) in [5.41, 5.74) is 30.7. The highest BCUT2D eigenvalue weighted by atomic mass is 32.2. The maximum atomic E-state index is 2.70. The Labute approximate surface area is 498 Å². The van der Waals surface area contributed by atoms with Crippen molar-refractivity contribution in [2.75, 3.05) is 14.7 Å². The average molecular weight is 1120 g/mol. The zero-order valence-electron chi connectivity index (χ0n) is 46.3. The summed E-state index contributed by atoms with van der Waals surface area (Å²) in [6.07, 6.45) is 0. The summed E-state index contributed by atoms with van der Waals surface area (Å²) in [5.74, 6) is 0. The molecule has 0 aromatic heterocycles. The molecule has 17 rings (SSSR count). The number of para-hydroxylation sites is 2. The Morgan fingerprint density at radius 2 is 0.610 bits per heavy atom. The van der Waals surface area contributed by atoms with Crippen molar-refractivity contribution in [1.29, 1.82) is 0 Å². The van der Waals surface area contributed by atoms with Crippen LogP contribution in [0.5, 0.6) is 0 Å². The van der Waals surface area contributed by atoms with Gasteiger partial charge < -0.3 is 14.7 Å². The van der Waals surface area contributed by atoms with Crippen molar-refractivity contribution in [3.05, 3.63) is 240 Å². The summed E-state index contributed by atoms with van der Waals surface area (Å²) in [6, 6.07) is 79.7. The number of fused-ring (bicyclic) bond motifs is 14. The molecule has 0 atom stereocenters. The van der Waals surface area contributed by atoms with Crippen LogP contribution in [0, 0.1) is 41.5 Å². The van der Waals surface area contributed by atoms with Crippen LogP contribution in [0.4, 0.5) is 51.2 Å². The van der Waals surface area contributed by atoms with Crippen molar-refractivity contribution in [2.24, 2.45) is 0 Å². The van der Waals surface area contributed by atoms with Gasteiger partial charge in [-0.1, -0.05) is 190 Å². The maximum Gasteiger partial charge on any atom is 0.255 e. The van der Waals surface area contributed by atoms with E-state index in [1.54, 1.807) is 0 Å². The largest absolute Gasteiger partial charge is 0.311 e. The van der Waals surface area contributed by atoms with E-state index in [-0.39, 0.29) is 20.1 Å². The molecule has 0 unspecified atom stereocenters. The van der Waals surface area contributed by atoms with Crippen LogP contribution in [0.1, 0.15) is 33.4 Å². The molecule has 10 heteroatoms. The van der Waals surface area contributed by atoms with Gasteiger partial charge in [0, 0.05) is 84.7 Å². The Hall–Kier alpha value is -7.59. The predicted molar refractivity (Wildman–Crippen MR) is 355 cm³/mol. The van der Waals surface area contributed by atoms with E-state index in [1.165, 1.54) is 156 Å². The summed E-state index contributed by atoms with van der Waals surface area (Å²) in [6.45, 7) is 13.6. The number of anilines is 9. The van der Waals surface area contributed by atoms with Crippen LogP contribution < -0.4 is 63.9 Å². The van der Waals surface area contributed by atoms with E-state index in [0.717, 1.165) is 17.1 Å². The molecule has 6 aliphatic rings. The Morgan fingerprint density at radius 1 is 0.280 bits per heavy atom. The van der Waals surface area contributed by atoms with Crippen LogP contribution >= 0.6 is 47.0 Å². The van der Waals surface area contributed by atoms with Gasteiger partial charge in [0.1, 0.15) is 0 Å². The van der Waals surface area contributed by atoms with Gasteiger partial charge in [-0.05, 0) is 187 Å². The molecule has 0 radical (unpaired) electrons. The number of benzene rings is 11. The molecule has 0 N–H and O–H groups in total. The average Bonchev–Trinajstić information content (AvgIpc) is 2.50. The molecule has 6 heterocycles. The smallest absolute Gasteiger partial charge is 0.255 e. The molecule has 0 bridgehead atoms. The topological polar surface area (TPSA) is 9.72 Å². The zero-order valence-corrected chi connectivity index (χ0v) is 49.6.